The van der Waals surface area contributed by atoms with Crippen molar-refractivity contribution < 1.29 is 23.5 Å². The number of carbonyl (C=O) groups is 2. The van der Waals surface area contributed by atoms with Crippen LogP contribution in [-0.2, 0) is 16.2 Å². The van der Waals surface area contributed by atoms with Crippen LogP contribution < -0.4 is 20.2 Å². The molecular weight excluding hydrogens is 564 g/mol. The second-order valence-electron chi connectivity index (χ2n) is 6.91. The lowest BCUT2D eigenvalue weighted by molar-refractivity contribution is -0.136. The Hall–Kier alpha value is -3.14. The Bertz CT molecular complexity index is 1240. The van der Waals surface area contributed by atoms with Gasteiger partial charge in [-0.05, 0) is 76.9 Å². The van der Waals surface area contributed by atoms with Gasteiger partial charge in [0, 0.05) is 16.3 Å². The molecule has 3 rings (SSSR count). The van der Waals surface area contributed by atoms with Gasteiger partial charge in [0.15, 0.2) is 11.5 Å². The highest BCUT2D eigenvalue weighted by Crippen LogP contribution is 2.37. The number of nitrogens with zero attached hydrogens (tertiary/aromatic N) is 1. The Morgan fingerprint density at radius 1 is 1.09 bits per heavy atom. The molecule has 2 amide bonds. The van der Waals surface area contributed by atoms with Gasteiger partial charge in [0.25, 0.3) is 0 Å². The van der Waals surface area contributed by atoms with Gasteiger partial charge in [0.1, 0.15) is 12.4 Å². The number of halogens is 4. The zero-order valence-electron chi connectivity index (χ0n) is 18.3. The third-order valence-corrected chi connectivity index (χ3v) is 5.64. The molecular formula is C24H19BrCl2FN3O4. The molecule has 0 radical (unpaired) electrons. The molecule has 11 heteroatoms. The van der Waals surface area contributed by atoms with Gasteiger partial charge in [0.05, 0.1) is 22.3 Å². The summed E-state index contributed by atoms with van der Waals surface area (Å²) in [6.45, 7) is 2.02. The van der Waals surface area contributed by atoms with E-state index in [1.165, 1.54) is 18.3 Å². The van der Waals surface area contributed by atoms with E-state index < -0.39 is 17.6 Å². The van der Waals surface area contributed by atoms with Crippen molar-refractivity contribution in [1.82, 2.24) is 5.43 Å². The maximum absolute atomic E-state index is 14.1. The zero-order chi connectivity index (χ0) is 25.4. The van der Waals surface area contributed by atoms with Crippen molar-refractivity contribution >= 4 is 62.8 Å². The largest absolute Gasteiger partial charge is 0.490 e. The van der Waals surface area contributed by atoms with Crippen LogP contribution in [0.1, 0.15) is 18.1 Å². The number of ether oxygens (including phenoxy) is 2. The van der Waals surface area contributed by atoms with Crippen molar-refractivity contribution in [1.29, 1.82) is 0 Å². The SMILES string of the molecule is CCOc1cc(C=NNC(=O)C(=O)Nc2ccc(Cl)cc2)cc(Br)c1OCc1c(F)cccc1Cl. The maximum Gasteiger partial charge on any atom is 0.329 e. The second kappa shape index (κ2) is 12.5. The average Bonchev–Trinajstić information content (AvgIpc) is 2.81. The summed E-state index contributed by atoms with van der Waals surface area (Å²) in [5.74, 6) is -1.62. The number of amides is 2. The summed E-state index contributed by atoms with van der Waals surface area (Å²) >= 11 is 15.3. The maximum atomic E-state index is 14.1. The van der Waals surface area contributed by atoms with Gasteiger partial charge >= 0.3 is 11.8 Å². The predicted octanol–water partition coefficient (Wildman–Crippen LogP) is 5.96. The highest BCUT2D eigenvalue weighted by Gasteiger charge is 2.16. The minimum absolute atomic E-state index is 0.115. The predicted molar refractivity (Wildman–Crippen MR) is 137 cm³/mol. The Morgan fingerprint density at radius 3 is 2.51 bits per heavy atom. The highest BCUT2D eigenvalue weighted by molar-refractivity contribution is 9.10. The third-order valence-electron chi connectivity index (χ3n) is 4.44. The topological polar surface area (TPSA) is 89.0 Å². The Labute approximate surface area is 219 Å². The first-order valence-electron chi connectivity index (χ1n) is 10.2. The summed E-state index contributed by atoms with van der Waals surface area (Å²) < 4.78 is 26.0. The Kier molecular flexibility index (Phi) is 9.47. The summed E-state index contributed by atoms with van der Waals surface area (Å²) in [7, 11) is 0. The van der Waals surface area contributed by atoms with Crippen LogP contribution in [-0.4, -0.2) is 24.6 Å². The molecule has 0 spiro atoms. The minimum Gasteiger partial charge on any atom is -0.490 e. The lowest BCUT2D eigenvalue weighted by Gasteiger charge is -2.15. The molecule has 35 heavy (non-hydrogen) atoms. The number of hydrogen-bond donors (Lipinski definition) is 2. The summed E-state index contributed by atoms with van der Waals surface area (Å²) in [5.41, 5.74) is 3.32. The Balaban J connectivity index is 1.67. The number of hydrogen-bond acceptors (Lipinski definition) is 5. The normalized spacial score (nSPS) is 10.8. The fraction of sp³-hybridized carbons (Fsp3) is 0.125. The number of carbonyl (C=O) groups excluding carboxylic acids is 2. The van der Waals surface area contributed by atoms with Gasteiger partial charge in [0.2, 0.25) is 0 Å². The van der Waals surface area contributed by atoms with Gasteiger partial charge in [-0.25, -0.2) is 9.82 Å². The molecule has 0 aliphatic rings. The van der Waals surface area contributed by atoms with Gasteiger partial charge in [-0.15, -0.1) is 0 Å². The Morgan fingerprint density at radius 2 is 1.83 bits per heavy atom. The molecule has 3 aromatic carbocycles. The lowest BCUT2D eigenvalue weighted by Crippen LogP contribution is -2.32. The van der Waals surface area contributed by atoms with E-state index in [0.29, 0.717) is 38.9 Å². The number of hydrazone groups is 1. The molecule has 0 heterocycles. The molecule has 0 saturated heterocycles. The van der Waals surface area contributed by atoms with Gasteiger partial charge < -0.3 is 14.8 Å². The minimum atomic E-state index is -0.956. The number of rotatable bonds is 8. The van der Waals surface area contributed by atoms with Gasteiger partial charge in [-0.3, -0.25) is 9.59 Å². The van der Waals surface area contributed by atoms with E-state index in [1.807, 2.05) is 0 Å². The molecule has 0 aromatic heterocycles. The van der Waals surface area contributed by atoms with Crippen molar-refractivity contribution in [3.63, 3.8) is 0 Å². The lowest BCUT2D eigenvalue weighted by atomic mass is 10.2. The van der Waals surface area contributed by atoms with Gasteiger partial charge in [-0.2, -0.15) is 5.10 Å². The fourth-order valence-corrected chi connectivity index (χ4v) is 3.74. The first-order valence-corrected chi connectivity index (χ1v) is 11.7. The number of benzene rings is 3. The quantitative estimate of drug-likeness (QED) is 0.195. The van der Waals surface area contributed by atoms with Crippen molar-refractivity contribution in [2.24, 2.45) is 5.10 Å². The standard InChI is InChI=1S/C24H19BrCl2FN3O4/c1-2-34-21-11-14(10-18(25)22(21)35-13-17-19(27)4-3-5-20(17)28)12-29-31-24(33)23(32)30-16-8-6-15(26)7-9-16/h3-12H,2,13H2,1H3,(H,30,32)(H,31,33). The van der Waals surface area contributed by atoms with Crippen molar-refractivity contribution in [2.45, 2.75) is 13.5 Å². The summed E-state index contributed by atoms with van der Waals surface area (Å²) in [4.78, 5) is 24.0. The van der Waals surface area contributed by atoms with Crippen LogP contribution >= 0.6 is 39.1 Å². The molecule has 7 nitrogen and oxygen atoms in total. The van der Waals surface area contributed by atoms with E-state index in [4.69, 9.17) is 32.7 Å². The van der Waals surface area contributed by atoms with E-state index >= 15 is 0 Å². The van der Waals surface area contributed by atoms with Crippen molar-refractivity contribution in [2.75, 3.05) is 11.9 Å². The van der Waals surface area contributed by atoms with Gasteiger partial charge in [-0.1, -0.05) is 29.3 Å². The number of anilines is 1. The van der Waals surface area contributed by atoms with Crippen LogP contribution in [0.25, 0.3) is 0 Å². The summed E-state index contributed by atoms with van der Waals surface area (Å²) in [5, 5.41) is 7.00. The zero-order valence-corrected chi connectivity index (χ0v) is 21.4. The van der Waals surface area contributed by atoms with Crippen molar-refractivity contribution in [3.05, 3.63) is 86.1 Å². The second-order valence-corrected chi connectivity index (χ2v) is 8.61. The van der Waals surface area contributed by atoms with E-state index in [1.54, 1.807) is 49.4 Å². The number of nitrogens with one attached hydrogen (secondary N) is 2. The molecule has 0 aliphatic carbocycles. The van der Waals surface area contributed by atoms with Crippen molar-refractivity contribution in [3.8, 4) is 11.5 Å². The molecule has 0 unspecified atom stereocenters. The van der Waals surface area contributed by atoms with Crippen LogP contribution in [0.2, 0.25) is 10.0 Å². The van der Waals surface area contributed by atoms with E-state index in [-0.39, 0.29) is 17.2 Å². The van der Waals surface area contributed by atoms with Crippen LogP contribution in [0.15, 0.2) is 64.2 Å². The summed E-state index contributed by atoms with van der Waals surface area (Å²) in [6.07, 6.45) is 1.33. The van der Waals surface area contributed by atoms with E-state index in [9.17, 15) is 14.0 Å². The smallest absolute Gasteiger partial charge is 0.329 e. The molecule has 0 fully saturated rings. The molecule has 3 aromatic rings. The molecule has 0 bridgehead atoms. The van der Waals surface area contributed by atoms with E-state index in [2.05, 4.69) is 31.8 Å². The van der Waals surface area contributed by atoms with Crippen LogP contribution in [0, 0.1) is 5.82 Å². The highest BCUT2D eigenvalue weighted by atomic mass is 79.9. The fourth-order valence-electron chi connectivity index (χ4n) is 2.82. The molecule has 0 aliphatic heterocycles. The van der Waals surface area contributed by atoms with E-state index in [0.717, 1.165) is 0 Å². The van der Waals surface area contributed by atoms with Crippen LogP contribution in [0.5, 0.6) is 11.5 Å². The molecule has 2 N–H and O–H groups in total. The third kappa shape index (κ3) is 7.42. The summed E-state index contributed by atoms with van der Waals surface area (Å²) in [6, 6.07) is 14.0. The van der Waals surface area contributed by atoms with Crippen LogP contribution in [0.3, 0.4) is 0 Å². The molecule has 182 valence electrons. The first kappa shape index (κ1) is 26.5. The first-order chi connectivity index (χ1) is 16.8. The molecule has 0 saturated carbocycles. The molecule has 0 atom stereocenters. The average molecular weight is 583 g/mol. The monoisotopic (exact) mass is 581 g/mol. The van der Waals surface area contributed by atoms with Crippen LogP contribution in [0.4, 0.5) is 10.1 Å².